The number of halogens is 3. The molecule has 0 radical (unpaired) electrons. The summed E-state index contributed by atoms with van der Waals surface area (Å²) in [6.07, 6.45) is 2.24. The van der Waals surface area contributed by atoms with E-state index in [1.165, 1.54) is 4.90 Å². The summed E-state index contributed by atoms with van der Waals surface area (Å²) in [5.74, 6) is -4.39. The summed E-state index contributed by atoms with van der Waals surface area (Å²) >= 11 is 0. The molecule has 9 heteroatoms. The zero-order valence-electron chi connectivity index (χ0n) is 11.0. The summed E-state index contributed by atoms with van der Waals surface area (Å²) in [6, 6.07) is -0.114. The van der Waals surface area contributed by atoms with Crippen LogP contribution in [0, 0.1) is 28.9 Å². The van der Waals surface area contributed by atoms with Gasteiger partial charge < -0.3 is 4.90 Å². The lowest BCUT2D eigenvalue weighted by molar-refractivity contribution is 0.386. The molecule has 0 spiro atoms. The van der Waals surface area contributed by atoms with Gasteiger partial charge in [-0.25, -0.2) is 26.3 Å². The van der Waals surface area contributed by atoms with Crippen LogP contribution in [0.3, 0.4) is 0 Å². The number of nitrogens with zero attached hydrogens (tertiary/aromatic N) is 2. The quantitative estimate of drug-likeness (QED) is 0.674. The molecule has 1 saturated heterocycles. The van der Waals surface area contributed by atoms with Crippen molar-refractivity contribution in [1.29, 1.82) is 5.26 Å². The Hall–Kier alpha value is -1.79. The molecule has 1 fully saturated rings. The monoisotopic (exact) mass is 319 g/mol. The van der Waals surface area contributed by atoms with Crippen LogP contribution in [0.1, 0.15) is 13.3 Å². The van der Waals surface area contributed by atoms with E-state index in [0.29, 0.717) is 12.5 Å². The third-order valence-electron chi connectivity index (χ3n) is 3.27. The molecule has 1 heterocycles. The number of rotatable bonds is 3. The van der Waals surface area contributed by atoms with Gasteiger partial charge in [0.15, 0.2) is 17.8 Å². The molecule has 1 aliphatic heterocycles. The summed E-state index contributed by atoms with van der Waals surface area (Å²) in [5.41, 5.74) is 0. The number of sulfonamides is 1. The van der Waals surface area contributed by atoms with Crippen LogP contribution in [-0.2, 0) is 10.0 Å². The Morgan fingerprint density at radius 3 is 2.62 bits per heavy atom. The van der Waals surface area contributed by atoms with Crippen molar-refractivity contribution < 1.29 is 21.6 Å². The van der Waals surface area contributed by atoms with Crippen LogP contribution in [0.15, 0.2) is 17.0 Å². The van der Waals surface area contributed by atoms with E-state index >= 15 is 0 Å². The first-order valence-corrected chi connectivity index (χ1v) is 7.56. The van der Waals surface area contributed by atoms with Gasteiger partial charge in [0.05, 0.1) is 0 Å². The van der Waals surface area contributed by atoms with Crippen molar-refractivity contribution >= 4 is 10.0 Å². The molecule has 0 aromatic heterocycles. The van der Waals surface area contributed by atoms with Crippen molar-refractivity contribution in [2.45, 2.75) is 30.3 Å². The number of hydrogen-bond acceptors (Lipinski definition) is 4. The first kappa shape index (κ1) is 15.6. The highest BCUT2D eigenvalue weighted by molar-refractivity contribution is 7.89. The van der Waals surface area contributed by atoms with E-state index in [4.69, 9.17) is 5.26 Å². The Bertz CT molecular complexity index is 702. The Labute approximate surface area is 120 Å². The Kier molecular flexibility index (Phi) is 4.11. The Balaban J connectivity index is 2.27. The zero-order valence-corrected chi connectivity index (χ0v) is 11.8. The van der Waals surface area contributed by atoms with Crippen molar-refractivity contribution in [3.05, 3.63) is 29.6 Å². The smallest absolute Gasteiger partial charge is 0.244 e. The number of benzene rings is 1. The van der Waals surface area contributed by atoms with Gasteiger partial charge >= 0.3 is 0 Å². The molecule has 0 aliphatic carbocycles. The van der Waals surface area contributed by atoms with Crippen molar-refractivity contribution in [2.75, 3.05) is 6.54 Å². The highest BCUT2D eigenvalue weighted by Gasteiger charge is 2.33. The molecular formula is C12H12F3N3O2S. The average Bonchev–Trinajstić information content (AvgIpc) is 2.72. The fourth-order valence-electron chi connectivity index (χ4n) is 2.27. The molecule has 0 amide bonds. The van der Waals surface area contributed by atoms with Crippen molar-refractivity contribution in [3.63, 3.8) is 0 Å². The molecule has 114 valence electrons. The van der Waals surface area contributed by atoms with Gasteiger partial charge in [0.1, 0.15) is 10.7 Å². The topological polar surface area (TPSA) is 73.2 Å². The predicted molar refractivity (Wildman–Crippen MR) is 66.8 cm³/mol. The van der Waals surface area contributed by atoms with E-state index in [1.807, 2.05) is 6.19 Å². The molecule has 2 rings (SSSR count). The van der Waals surface area contributed by atoms with Crippen LogP contribution in [-0.4, -0.2) is 31.9 Å². The zero-order chi connectivity index (χ0) is 15.8. The van der Waals surface area contributed by atoms with Crippen LogP contribution in [0.4, 0.5) is 13.2 Å². The maximum absolute atomic E-state index is 13.5. The van der Waals surface area contributed by atoms with Crippen LogP contribution < -0.4 is 4.72 Å². The lowest BCUT2D eigenvalue weighted by Gasteiger charge is -2.13. The molecule has 0 bridgehead atoms. The fourth-order valence-corrected chi connectivity index (χ4v) is 3.60. The summed E-state index contributed by atoms with van der Waals surface area (Å²) in [4.78, 5) is 0.290. The lowest BCUT2D eigenvalue weighted by atomic mass is 10.2. The highest BCUT2D eigenvalue weighted by Crippen LogP contribution is 2.22. The summed E-state index contributed by atoms with van der Waals surface area (Å²) in [6.45, 7) is 1.86. The summed E-state index contributed by atoms with van der Waals surface area (Å²) in [7, 11) is -4.42. The Morgan fingerprint density at radius 2 is 2.05 bits per heavy atom. The predicted octanol–water partition coefficient (Wildman–Crippen LogP) is 1.33. The minimum Gasteiger partial charge on any atom is -0.306 e. The maximum Gasteiger partial charge on any atom is 0.244 e. The van der Waals surface area contributed by atoms with Crippen LogP contribution in [0.5, 0.6) is 0 Å². The molecule has 1 aromatic rings. The van der Waals surface area contributed by atoms with Gasteiger partial charge in [-0.3, -0.25) is 0 Å². The first-order chi connectivity index (χ1) is 9.74. The molecule has 1 aliphatic rings. The molecule has 2 unspecified atom stereocenters. The molecule has 1 N–H and O–H groups in total. The standard InChI is InChI=1S/C12H12F3N3O2S/c1-7-2-9(5-18(7)6-16)17-21(19,20)11-4-8(13)3-10(14)12(11)15/h3-4,7,9,17H,2,5H2,1H3. The molecular weight excluding hydrogens is 307 g/mol. The van der Waals surface area contributed by atoms with Gasteiger partial charge in [-0.1, -0.05) is 0 Å². The molecule has 1 aromatic carbocycles. The maximum atomic E-state index is 13.5. The second-order valence-electron chi connectivity index (χ2n) is 4.86. The van der Waals surface area contributed by atoms with E-state index in [-0.39, 0.29) is 18.7 Å². The second kappa shape index (κ2) is 5.54. The lowest BCUT2D eigenvalue weighted by Crippen LogP contribution is -2.37. The van der Waals surface area contributed by atoms with E-state index in [9.17, 15) is 21.6 Å². The summed E-state index contributed by atoms with van der Waals surface area (Å²) < 4.78 is 66.0. The Morgan fingerprint density at radius 1 is 1.38 bits per heavy atom. The van der Waals surface area contributed by atoms with Gasteiger partial charge in [0, 0.05) is 24.7 Å². The highest BCUT2D eigenvalue weighted by atomic mass is 32.2. The van der Waals surface area contributed by atoms with Gasteiger partial charge in [0.25, 0.3) is 0 Å². The minimum absolute atomic E-state index is 0.121. The second-order valence-corrected chi connectivity index (χ2v) is 6.54. The third kappa shape index (κ3) is 3.11. The van der Waals surface area contributed by atoms with E-state index in [2.05, 4.69) is 4.72 Å². The van der Waals surface area contributed by atoms with Crippen molar-refractivity contribution in [1.82, 2.24) is 9.62 Å². The van der Waals surface area contributed by atoms with E-state index < -0.39 is 38.4 Å². The number of nitrogens with one attached hydrogen (secondary N) is 1. The van der Waals surface area contributed by atoms with Gasteiger partial charge in [0.2, 0.25) is 10.0 Å². The SMILES string of the molecule is CC1CC(NS(=O)(=O)c2cc(F)cc(F)c2F)CN1C#N. The van der Waals surface area contributed by atoms with Crippen molar-refractivity contribution in [2.24, 2.45) is 0 Å². The number of hydrogen-bond donors (Lipinski definition) is 1. The number of likely N-dealkylation sites (tertiary alicyclic amines) is 1. The third-order valence-corrected chi connectivity index (χ3v) is 4.79. The normalized spacial score (nSPS) is 22.3. The summed E-state index contributed by atoms with van der Waals surface area (Å²) in [5, 5.41) is 8.83. The first-order valence-electron chi connectivity index (χ1n) is 6.08. The molecule has 2 atom stereocenters. The fraction of sp³-hybridized carbons (Fsp3) is 0.417. The van der Waals surface area contributed by atoms with E-state index in [0.717, 1.165) is 0 Å². The number of nitriles is 1. The largest absolute Gasteiger partial charge is 0.306 e. The minimum atomic E-state index is -4.42. The van der Waals surface area contributed by atoms with Gasteiger partial charge in [-0.05, 0) is 19.4 Å². The van der Waals surface area contributed by atoms with Crippen LogP contribution >= 0.6 is 0 Å². The molecule has 21 heavy (non-hydrogen) atoms. The van der Waals surface area contributed by atoms with Gasteiger partial charge in [-0.15, -0.1) is 0 Å². The average molecular weight is 319 g/mol. The van der Waals surface area contributed by atoms with Gasteiger partial charge in [-0.2, -0.15) is 5.26 Å². The van der Waals surface area contributed by atoms with Crippen LogP contribution in [0.25, 0.3) is 0 Å². The van der Waals surface area contributed by atoms with Crippen molar-refractivity contribution in [3.8, 4) is 6.19 Å². The molecule has 5 nitrogen and oxygen atoms in total. The molecule has 0 saturated carbocycles. The van der Waals surface area contributed by atoms with E-state index in [1.54, 1.807) is 6.92 Å². The van der Waals surface area contributed by atoms with Crippen LogP contribution in [0.2, 0.25) is 0 Å².